The first-order valence-electron chi connectivity index (χ1n) is 6.69. The van der Waals surface area contributed by atoms with Crippen LogP contribution in [-0.2, 0) is 4.79 Å². The fraction of sp³-hybridized carbons (Fsp3) is 0.0588. The number of halogens is 1. The average molecular weight is 375 g/mol. The summed E-state index contributed by atoms with van der Waals surface area (Å²) in [5, 5.41) is 0.591. The fourth-order valence-electron chi connectivity index (χ4n) is 2.16. The third kappa shape index (κ3) is 2.86. The number of rotatable bonds is 2. The Hall–Kier alpha value is -1.87. The summed E-state index contributed by atoms with van der Waals surface area (Å²) >= 11 is 8.98. The van der Waals surface area contributed by atoms with E-state index in [2.05, 4.69) is 21.0 Å². The first-order valence-corrected chi connectivity index (χ1v) is 7.93. The van der Waals surface area contributed by atoms with E-state index in [4.69, 9.17) is 11.6 Å². The zero-order valence-electron chi connectivity index (χ0n) is 11.8. The van der Waals surface area contributed by atoms with Crippen LogP contribution in [0.4, 0.5) is 5.69 Å². The van der Waals surface area contributed by atoms with Gasteiger partial charge in [-0.15, -0.1) is 0 Å². The second-order valence-corrected chi connectivity index (χ2v) is 6.09. The number of anilines is 1. The number of carbonyl (C=O) groups excluding carboxylic acids is 1. The zero-order valence-corrected chi connectivity index (χ0v) is 14.3. The molecular weight excluding hydrogens is 363 g/mol. The van der Waals surface area contributed by atoms with Crippen LogP contribution >= 0.6 is 11.6 Å². The predicted molar refractivity (Wildman–Crippen MR) is 91.3 cm³/mol. The van der Waals surface area contributed by atoms with E-state index >= 15 is 0 Å². The molecule has 109 valence electrons. The van der Waals surface area contributed by atoms with Gasteiger partial charge in [-0.1, -0.05) is 0 Å². The second kappa shape index (κ2) is 6.09. The molecule has 1 radical (unpaired) electrons. The number of hydrogen-bond acceptors (Lipinski definition) is 2. The summed E-state index contributed by atoms with van der Waals surface area (Å²) in [6.45, 7) is 2.01. The van der Waals surface area contributed by atoms with Crippen molar-refractivity contribution >= 4 is 50.0 Å². The van der Waals surface area contributed by atoms with E-state index in [0.29, 0.717) is 15.5 Å². The van der Waals surface area contributed by atoms with E-state index in [1.807, 2.05) is 49.4 Å². The normalized spacial score (nSPS) is 16.3. The van der Waals surface area contributed by atoms with Crippen LogP contribution in [0.25, 0.3) is 6.08 Å². The van der Waals surface area contributed by atoms with E-state index in [0.717, 1.165) is 16.8 Å². The molecule has 0 atom stereocenters. The van der Waals surface area contributed by atoms with Crippen LogP contribution in [0.1, 0.15) is 11.1 Å². The molecule has 1 aliphatic rings. The molecule has 1 aliphatic heterocycles. The molecule has 0 bridgehead atoms. The van der Waals surface area contributed by atoms with Crippen molar-refractivity contribution in [3.05, 3.63) is 70.4 Å². The van der Waals surface area contributed by atoms with Gasteiger partial charge >= 0.3 is 142 Å². The number of amides is 1. The van der Waals surface area contributed by atoms with Crippen LogP contribution in [-0.4, -0.2) is 26.7 Å². The predicted octanol–water partition coefficient (Wildman–Crippen LogP) is 3.56. The topological polar surface area (TPSA) is 32.7 Å². The molecule has 1 heterocycles. The molecule has 0 unspecified atom stereocenters. The molecule has 0 fully saturated rings. The Labute approximate surface area is 142 Å². The molecule has 0 saturated heterocycles. The Kier molecular flexibility index (Phi) is 4.16. The van der Waals surface area contributed by atoms with Gasteiger partial charge in [0.1, 0.15) is 0 Å². The number of amidine groups is 1. The van der Waals surface area contributed by atoms with E-state index in [-0.39, 0.29) is 5.91 Å². The summed E-state index contributed by atoms with van der Waals surface area (Å²) in [5.74, 6) is -0.169. The Morgan fingerprint density at radius 1 is 1.14 bits per heavy atom. The van der Waals surface area contributed by atoms with Crippen LogP contribution in [0.15, 0.2) is 59.2 Å². The van der Waals surface area contributed by atoms with Crippen molar-refractivity contribution in [1.82, 2.24) is 0 Å². The van der Waals surface area contributed by atoms with Gasteiger partial charge in [0, 0.05) is 0 Å². The van der Waals surface area contributed by atoms with Crippen molar-refractivity contribution in [3.63, 3.8) is 0 Å². The molecular formula is C17H12ClN2OSe. The Bertz CT molecular complexity index is 797. The van der Waals surface area contributed by atoms with Gasteiger partial charge in [-0.3, -0.25) is 0 Å². The minimum atomic E-state index is -0.169. The van der Waals surface area contributed by atoms with Crippen LogP contribution in [0.2, 0.25) is 5.02 Å². The van der Waals surface area contributed by atoms with E-state index in [9.17, 15) is 4.79 Å². The fourth-order valence-corrected chi connectivity index (χ4v) is 2.95. The molecule has 0 aromatic heterocycles. The molecule has 22 heavy (non-hydrogen) atoms. The summed E-state index contributed by atoms with van der Waals surface area (Å²) in [6.07, 6.45) is 1.70. The quantitative estimate of drug-likeness (QED) is 0.584. The van der Waals surface area contributed by atoms with Crippen LogP contribution in [0.3, 0.4) is 0 Å². The third-order valence-corrected chi connectivity index (χ3v) is 4.24. The molecule has 0 aliphatic carbocycles. The molecule has 2 aromatic rings. The monoisotopic (exact) mass is 375 g/mol. The number of hydrogen-bond donors (Lipinski definition) is 0. The molecule has 2 aromatic carbocycles. The summed E-state index contributed by atoms with van der Waals surface area (Å²) < 4.78 is 0.534. The van der Waals surface area contributed by atoms with Gasteiger partial charge in [0.2, 0.25) is 0 Å². The minimum absolute atomic E-state index is 0.169. The van der Waals surface area contributed by atoms with E-state index in [1.54, 1.807) is 17.0 Å². The molecule has 3 nitrogen and oxygen atoms in total. The summed E-state index contributed by atoms with van der Waals surface area (Å²) in [4.78, 5) is 18.5. The number of benzene rings is 2. The summed E-state index contributed by atoms with van der Waals surface area (Å²) in [7, 11) is 0. The van der Waals surface area contributed by atoms with Gasteiger partial charge < -0.3 is 0 Å². The maximum absolute atomic E-state index is 12.6. The Morgan fingerprint density at radius 2 is 1.82 bits per heavy atom. The van der Waals surface area contributed by atoms with Crippen molar-refractivity contribution in [1.29, 1.82) is 0 Å². The van der Waals surface area contributed by atoms with Crippen LogP contribution < -0.4 is 4.90 Å². The number of aliphatic imine (C=N–C) groups is 1. The van der Waals surface area contributed by atoms with E-state index < -0.39 is 0 Å². The van der Waals surface area contributed by atoms with Gasteiger partial charge in [-0.25, -0.2) is 0 Å². The SMILES string of the molecule is Cc1ccc(N2C(=O)C(=Cc3ccccc3Cl)N=C2[Se])cc1. The number of nitrogens with zero attached hydrogens (tertiary/aromatic N) is 2. The van der Waals surface area contributed by atoms with Gasteiger partial charge in [-0.2, -0.15) is 0 Å². The van der Waals surface area contributed by atoms with Gasteiger partial charge in [0.25, 0.3) is 0 Å². The number of aryl methyl sites for hydroxylation is 1. The Balaban J connectivity index is 1.97. The molecule has 3 rings (SSSR count). The third-order valence-electron chi connectivity index (χ3n) is 3.32. The molecule has 0 spiro atoms. The molecule has 0 saturated carbocycles. The Morgan fingerprint density at radius 3 is 2.50 bits per heavy atom. The van der Waals surface area contributed by atoms with Crippen molar-refractivity contribution < 1.29 is 4.79 Å². The summed E-state index contributed by atoms with van der Waals surface area (Å²) in [5.41, 5.74) is 3.06. The maximum atomic E-state index is 12.6. The second-order valence-electron chi connectivity index (χ2n) is 4.92. The van der Waals surface area contributed by atoms with Crippen LogP contribution in [0.5, 0.6) is 0 Å². The van der Waals surface area contributed by atoms with E-state index in [1.165, 1.54) is 0 Å². The van der Waals surface area contributed by atoms with Gasteiger partial charge in [-0.05, 0) is 0 Å². The summed E-state index contributed by atoms with van der Waals surface area (Å²) in [6, 6.07) is 15.1. The van der Waals surface area contributed by atoms with Crippen molar-refractivity contribution in [2.45, 2.75) is 6.92 Å². The molecule has 0 N–H and O–H groups in total. The van der Waals surface area contributed by atoms with Crippen molar-refractivity contribution in [3.8, 4) is 0 Å². The van der Waals surface area contributed by atoms with Crippen molar-refractivity contribution in [2.24, 2.45) is 4.99 Å². The standard InChI is InChI=1S/C17H12ClN2OSe/c1-11-6-8-13(9-7-11)20-16(21)15(19-17(20)22)10-12-4-2-3-5-14(12)18/h2-10H,1H3. The van der Waals surface area contributed by atoms with Crippen LogP contribution in [0, 0.1) is 6.92 Å². The first-order chi connectivity index (χ1) is 10.6. The van der Waals surface area contributed by atoms with Gasteiger partial charge in [0.05, 0.1) is 0 Å². The zero-order chi connectivity index (χ0) is 15.7. The number of carbonyl (C=O) groups is 1. The average Bonchev–Trinajstić information content (AvgIpc) is 2.77. The molecule has 1 amide bonds. The molecule has 5 heteroatoms. The van der Waals surface area contributed by atoms with Gasteiger partial charge in [0.15, 0.2) is 0 Å². The first kappa shape index (κ1) is 15.0. The van der Waals surface area contributed by atoms with Crippen molar-refractivity contribution in [2.75, 3.05) is 4.90 Å².